The first-order chi connectivity index (χ1) is 13.5. The van der Waals surface area contributed by atoms with E-state index in [1.54, 1.807) is 36.4 Å². The number of imide groups is 1. The molecule has 0 bridgehead atoms. The molecule has 6 nitrogen and oxygen atoms in total. The average Bonchev–Trinajstić information content (AvgIpc) is 2.95. The second-order valence-electron chi connectivity index (χ2n) is 5.80. The van der Waals surface area contributed by atoms with Crippen LogP contribution in [0.4, 0.5) is 4.79 Å². The summed E-state index contributed by atoms with van der Waals surface area (Å²) in [5.74, 6) is -0.580. The number of thioether (sulfide) groups is 1. The van der Waals surface area contributed by atoms with E-state index in [2.05, 4.69) is 4.74 Å². The van der Waals surface area contributed by atoms with Gasteiger partial charge in [0.15, 0.2) is 0 Å². The van der Waals surface area contributed by atoms with Crippen LogP contribution in [0.2, 0.25) is 5.02 Å². The number of halogens is 1. The smallest absolute Gasteiger partial charge is 0.325 e. The third-order valence-electron chi connectivity index (χ3n) is 3.90. The molecule has 0 spiro atoms. The maximum atomic E-state index is 12.4. The molecule has 0 aromatic heterocycles. The second-order valence-corrected chi connectivity index (χ2v) is 7.20. The first-order valence-electron chi connectivity index (χ1n) is 8.26. The number of methoxy groups -OCH3 is 1. The molecular weight excluding hydrogens is 402 g/mol. The second kappa shape index (κ2) is 8.95. The van der Waals surface area contributed by atoms with Crippen molar-refractivity contribution < 1.29 is 23.9 Å². The zero-order valence-electron chi connectivity index (χ0n) is 14.9. The highest BCUT2D eigenvalue weighted by Crippen LogP contribution is 2.32. The van der Waals surface area contributed by atoms with Crippen LogP contribution in [-0.2, 0) is 20.9 Å². The summed E-state index contributed by atoms with van der Waals surface area (Å²) in [6.45, 7) is -0.0989. The van der Waals surface area contributed by atoms with E-state index < -0.39 is 23.7 Å². The van der Waals surface area contributed by atoms with Crippen molar-refractivity contribution in [3.05, 3.63) is 69.6 Å². The topological polar surface area (TPSA) is 72.9 Å². The largest absolute Gasteiger partial charge is 0.489 e. The van der Waals surface area contributed by atoms with Gasteiger partial charge >= 0.3 is 5.97 Å². The molecule has 2 amide bonds. The van der Waals surface area contributed by atoms with Crippen molar-refractivity contribution >= 4 is 46.6 Å². The van der Waals surface area contributed by atoms with Crippen molar-refractivity contribution in [2.75, 3.05) is 13.7 Å². The van der Waals surface area contributed by atoms with Gasteiger partial charge in [0.25, 0.3) is 11.1 Å². The Morgan fingerprint density at radius 1 is 1.18 bits per heavy atom. The lowest BCUT2D eigenvalue weighted by Crippen LogP contribution is -2.34. The highest BCUT2D eigenvalue weighted by Gasteiger charge is 2.36. The zero-order valence-corrected chi connectivity index (χ0v) is 16.5. The van der Waals surface area contributed by atoms with E-state index in [0.29, 0.717) is 22.9 Å². The summed E-state index contributed by atoms with van der Waals surface area (Å²) in [6.07, 6.45) is 1.59. The van der Waals surface area contributed by atoms with Crippen molar-refractivity contribution in [1.82, 2.24) is 4.90 Å². The summed E-state index contributed by atoms with van der Waals surface area (Å²) in [7, 11) is 1.20. The van der Waals surface area contributed by atoms with Gasteiger partial charge in [0.1, 0.15) is 18.9 Å². The van der Waals surface area contributed by atoms with E-state index >= 15 is 0 Å². The summed E-state index contributed by atoms with van der Waals surface area (Å²) in [5, 5.41) is 0.116. The van der Waals surface area contributed by atoms with Gasteiger partial charge in [-0.15, -0.1) is 0 Å². The van der Waals surface area contributed by atoms with E-state index in [4.69, 9.17) is 16.3 Å². The third kappa shape index (κ3) is 4.74. The molecule has 1 aliphatic rings. The molecule has 1 heterocycles. The Hall–Kier alpha value is -2.77. The van der Waals surface area contributed by atoms with Crippen LogP contribution >= 0.6 is 23.4 Å². The molecule has 3 rings (SSSR count). The number of amides is 2. The Balaban J connectivity index is 1.72. The van der Waals surface area contributed by atoms with Gasteiger partial charge in [-0.25, -0.2) is 0 Å². The maximum Gasteiger partial charge on any atom is 0.325 e. The third-order valence-corrected chi connectivity index (χ3v) is 5.17. The molecule has 0 N–H and O–H groups in total. The van der Waals surface area contributed by atoms with Gasteiger partial charge in [0.05, 0.1) is 12.0 Å². The summed E-state index contributed by atoms with van der Waals surface area (Å²) in [5.41, 5.74) is 1.55. The fourth-order valence-corrected chi connectivity index (χ4v) is 3.48. The van der Waals surface area contributed by atoms with Gasteiger partial charge < -0.3 is 9.47 Å². The van der Waals surface area contributed by atoms with Crippen molar-refractivity contribution in [1.29, 1.82) is 0 Å². The lowest BCUT2D eigenvalue weighted by atomic mass is 10.2. The highest BCUT2D eigenvalue weighted by molar-refractivity contribution is 8.18. The number of rotatable bonds is 6. The van der Waals surface area contributed by atoms with Crippen molar-refractivity contribution in [3.8, 4) is 5.75 Å². The highest BCUT2D eigenvalue weighted by atomic mass is 35.5. The number of nitrogens with zero attached hydrogens (tertiary/aromatic N) is 1. The van der Waals surface area contributed by atoms with E-state index in [0.717, 1.165) is 22.2 Å². The number of esters is 1. The molecule has 0 unspecified atom stereocenters. The Bertz CT molecular complexity index is 959. The van der Waals surface area contributed by atoms with Gasteiger partial charge in [-0.3, -0.25) is 19.3 Å². The van der Waals surface area contributed by atoms with E-state index in [9.17, 15) is 14.4 Å². The van der Waals surface area contributed by atoms with Gasteiger partial charge in [0.2, 0.25) is 0 Å². The molecule has 144 valence electrons. The number of benzene rings is 2. The zero-order chi connectivity index (χ0) is 20.1. The molecule has 0 radical (unpaired) electrons. The first kappa shape index (κ1) is 20.0. The predicted octanol–water partition coefficient (Wildman–Crippen LogP) is 4.13. The number of hydrogen-bond donors (Lipinski definition) is 0. The standard InChI is InChI=1S/C20H16ClNO5S/c1-26-18(23)11-22-19(24)17(28-20(22)25)10-13-5-4-7-15(9-13)27-12-14-6-2-3-8-16(14)21/h2-10H,11-12H2,1H3/b17-10+. The van der Waals surface area contributed by atoms with Gasteiger partial charge in [-0.2, -0.15) is 0 Å². The lowest BCUT2D eigenvalue weighted by Gasteiger charge is -2.10. The number of ether oxygens (including phenoxy) is 2. The summed E-state index contributed by atoms with van der Waals surface area (Å²) in [4.78, 5) is 36.8. The Morgan fingerprint density at radius 2 is 1.96 bits per heavy atom. The number of carbonyl (C=O) groups excluding carboxylic acids is 3. The summed E-state index contributed by atoms with van der Waals surface area (Å²) >= 11 is 6.91. The molecule has 1 aliphatic heterocycles. The van der Waals surface area contributed by atoms with E-state index in [-0.39, 0.29) is 4.91 Å². The van der Waals surface area contributed by atoms with Gasteiger partial charge in [-0.1, -0.05) is 41.9 Å². The van der Waals surface area contributed by atoms with Crippen LogP contribution in [-0.4, -0.2) is 35.7 Å². The van der Waals surface area contributed by atoms with Crippen LogP contribution in [0.3, 0.4) is 0 Å². The van der Waals surface area contributed by atoms with Crippen molar-refractivity contribution in [2.24, 2.45) is 0 Å². The summed E-state index contributed by atoms with van der Waals surface area (Å²) < 4.78 is 10.3. The quantitative estimate of drug-likeness (QED) is 0.519. The minimum Gasteiger partial charge on any atom is -0.489 e. The molecule has 1 saturated heterocycles. The van der Waals surface area contributed by atoms with Crippen molar-refractivity contribution in [2.45, 2.75) is 6.61 Å². The molecule has 0 saturated carbocycles. The molecule has 0 aliphatic carbocycles. The molecule has 28 heavy (non-hydrogen) atoms. The van der Waals surface area contributed by atoms with Crippen molar-refractivity contribution in [3.63, 3.8) is 0 Å². The lowest BCUT2D eigenvalue weighted by molar-refractivity contribution is -0.143. The molecule has 0 atom stereocenters. The summed E-state index contributed by atoms with van der Waals surface area (Å²) in [6, 6.07) is 14.5. The van der Waals surface area contributed by atoms with Crippen LogP contribution in [0.1, 0.15) is 11.1 Å². The van der Waals surface area contributed by atoms with E-state index in [1.165, 1.54) is 7.11 Å². The Kier molecular flexibility index (Phi) is 6.38. The SMILES string of the molecule is COC(=O)CN1C(=O)S/C(=C/c2cccc(OCc3ccccc3Cl)c2)C1=O. The molecule has 8 heteroatoms. The maximum absolute atomic E-state index is 12.4. The van der Waals surface area contributed by atoms with Gasteiger partial charge in [0, 0.05) is 10.6 Å². The molecule has 2 aromatic rings. The number of carbonyl (C=O) groups is 3. The van der Waals surface area contributed by atoms with Crippen LogP contribution < -0.4 is 4.74 Å². The normalized spacial score (nSPS) is 15.2. The molecule has 2 aromatic carbocycles. The number of hydrogen-bond acceptors (Lipinski definition) is 6. The minimum atomic E-state index is -0.654. The molecular formula is C20H16ClNO5S. The van der Waals surface area contributed by atoms with Crippen LogP contribution in [0.15, 0.2) is 53.4 Å². The van der Waals surface area contributed by atoms with E-state index in [1.807, 2.05) is 18.2 Å². The Morgan fingerprint density at radius 3 is 2.71 bits per heavy atom. The fourth-order valence-electron chi connectivity index (χ4n) is 2.45. The van der Waals surface area contributed by atoms with Crippen LogP contribution in [0.5, 0.6) is 5.75 Å². The fraction of sp³-hybridized carbons (Fsp3) is 0.150. The monoisotopic (exact) mass is 417 g/mol. The van der Waals surface area contributed by atoms with Crippen LogP contribution in [0.25, 0.3) is 6.08 Å². The van der Waals surface area contributed by atoms with Crippen LogP contribution in [0, 0.1) is 0 Å². The first-order valence-corrected chi connectivity index (χ1v) is 9.46. The predicted molar refractivity (Wildman–Crippen MR) is 107 cm³/mol. The minimum absolute atomic E-state index is 0.233. The molecule has 1 fully saturated rings. The Labute approximate surface area is 171 Å². The average molecular weight is 418 g/mol. The van der Waals surface area contributed by atoms with Gasteiger partial charge in [-0.05, 0) is 41.6 Å².